The molecule has 1 N–H and O–H groups in total. The molecule has 0 atom stereocenters. The van der Waals surface area contributed by atoms with E-state index in [0.717, 1.165) is 0 Å². The van der Waals surface area contributed by atoms with Crippen molar-refractivity contribution < 1.29 is 24.2 Å². The van der Waals surface area contributed by atoms with Crippen molar-refractivity contribution in [1.82, 2.24) is 4.90 Å². The second-order valence-corrected chi connectivity index (χ2v) is 6.67. The molecule has 0 aromatic heterocycles. The highest BCUT2D eigenvalue weighted by Gasteiger charge is 2.32. The topological polar surface area (TPSA) is 76.1 Å². The van der Waals surface area contributed by atoms with Gasteiger partial charge in [-0.1, -0.05) is 0 Å². The fourth-order valence-corrected chi connectivity index (χ4v) is 2.23. The Hall–Kier alpha value is -1.14. The number of likely N-dealkylation sites (N-methyl/N-ethyl adjacent to an activating group) is 1. The predicted molar refractivity (Wildman–Crippen MR) is 77.7 cm³/mol. The molecule has 21 heavy (non-hydrogen) atoms. The Morgan fingerprint density at radius 3 is 2.33 bits per heavy atom. The van der Waals surface area contributed by atoms with E-state index >= 15 is 0 Å². The second kappa shape index (κ2) is 7.22. The van der Waals surface area contributed by atoms with Gasteiger partial charge in [-0.15, -0.1) is 0 Å². The molecule has 6 nitrogen and oxygen atoms in total. The lowest BCUT2D eigenvalue weighted by atomic mass is 9.94. The van der Waals surface area contributed by atoms with E-state index in [9.17, 15) is 14.7 Å². The quantitative estimate of drug-likeness (QED) is 0.770. The van der Waals surface area contributed by atoms with Crippen LogP contribution in [0.25, 0.3) is 0 Å². The molecule has 0 aromatic rings. The molecule has 1 saturated heterocycles. The zero-order valence-electron chi connectivity index (χ0n) is 13.5. The van der Waals surface area contributed by atoms with Crippen molar-refractivity contribution in [3.8, 4) is 0 Å². The summed E-state index contributed by atoms with van der Waals surface area (Å²) >= 11 is 0. The fourth-order valence-electron chi connectivity index (χ4n) is 2.23. The first-order valence-electron chi connectivity index (χ1n) is 7.37. The van der Waals surface area contributed by atoms with E-state index in [0.29, 0.717) is 26.1 Å². The largest absolute Gasteiger partial charge is 0.460 e. The van der Waals surface area contributed by atoms with Crippen LogP contribution in [0.15, 0.2) is 0 Å². The number of amides is 1. The summed E-state index contributed by atoms with van der Waals surface area (Å²) in [6.07, 6.45) is 1.20. The van der Waals surface area contributed by atoms with Gasteiger partial charge in [-0.25, -0.2) is 0 Å². The molecule has 0 spiro atoms. The highest BCUT2D eigenvalue weighted by molar-refractivity contribution is 5.81. The highest BCUT2D eigenvalue weighted by Crippen LogP contribution is 2.21. The van der Waals surface area contributed by atoms with Gasteiger partial charge in [0.15, 0.2) is 0 Å². The Kier molecular flexibility index (Phi) is 6.16. The van der Waals surface area contributed by atoms with Gasteiger partial charge in [-0.05, 0) is 20.8 Å². The number of ether oxygens (including phenoxy) is 2. The Morgan fingerprint density at radius 1 is 1.24 bits per heavy atom. The van der Waals surface area contributed by atoms with E-state index in [1.165, 1.54) is 4.90 Å². The molecule has 0 aromatic carbocycles. The average molecular weight is 301 g/mol. The number of esters is 1. The van der Waals surface area contributed by atoms with Crippen LogP contribution in [0.5, 0.6) is 0 Å². The van der Waals surface area contributed by atoms with Gasteiger partial charge in [0.05, 0.1) is 12.0 Å². The Morgan fingerprint density at radius 2 is 1.81 bits per heavy atom. The minimum absolute atomic E-state index is 0.0575. The van der Waals surface area contributed by atoms with Crippen LogP contribution in [0.3, 0.4) is 0 Å². The van der Waals surface area contributed by atoms with Crippen molar-refractivity contribution in [2.24, 2.45) is 0 Å². The van der Waals surface area contributed by atoms with Crippen LogP contribution in [-0.4, -0.2) is 59.9 Å². The first-order valence-corrected chi connectivity index (χ1v) is 7.37. The Labute approximate surface area is 126 Å². The summed E-state index contributed by atoms with van der Waals surface area (Å²) in [5.74, 6) is -0.546. The van der Waals surface area contributed by atoms with Gasteiger partial charge in [-0.2, -0.15) is 0 Å². The summed E-state index contributed by atoms with van der Waals surface area (Å²) in [6.45, 7) is 6.66. The van der Waals surface area contributed by atoms with Gasteiger partial charge >= 0.3 is 5.97 Å². The highest BCUT2D eigenvalue weighted by atomic mass is 16.6. The third kappa shape index (κ3) is 6.91. The zero-order chi connectivity index (χ0) is 16.1. The zero-order valence-corrected chi connectivity index (χ0v) is 13.5. The molecule has 1 rings (SSSR count). The van der Waals surface area contributed by atoms with Gasteiger partial charge in [0.25, 0.3) is 0 Å². The van der Waals surface area contributed by atoms with Crippen LogP contribution in [-0.2, 0) is 19.1 Å². The maximum absolute atomic E-state index is 12.0. The molecule has 1 aliphatic rings. The van der Waals surface area contributed by atoms with Crippen molar-refractivity contribution in [3.63, 3.8) is 0 Å². The van der Waals surface area contributed by atoms with Crippen LogP contribution in [0, 0.1) is 0 Å². The summed E-state index contributed by atoms with van der Waals surface area (Å²) < 4.78 is 10.4. The average Bonchev–Trinajstić information content (AvgIpc) is 2.34. The third-order valence-electron chi connectivity index (χ3n) is 3.34. The summed E-state index contributed by atoms with van der Waals surface area (Å²) in [6, 6.07) is 0. The molecule has 1 amide bonds. The van der Waals surface area contributed by atoms with Crippen molar-refractivity contribution in [1.29, 1.82) is 0 Å². The molecular formula is C15H27NO5. The minimum Gasteiger partial charge on any atom is -0.460 e. The Balaban J connectivity index is 2.35. The van der Waals surface area contributed by atoms with E-state index in [-0.39, 0.29) is 31.3 Å². The molecule has 1 aliphatic heterocycles. The van der Waals surface area contributed by atoms with Crippen molar-refractivity contribution in [2.45, 2.75) is 57.7 Å². The number of hydrogen-bond acceptors (Lipinski definition) is 5. The van der Waals surface area contributed by atoms with Crippen LogP contribution >= 0.6 is 0 Å². The van der Waals surface area contributed by atoms with E-state index < -0.39 is 11.2 Å². The molecule has 1 fully saturated rings. The number of hydrogen-bond donors (Lipinski definition) is 1. The van der Waals surface area contributed by atoms with Gasteiger partial charge in [0.1, 0.15) is 5.60 Å². The summed E-state index contributed by atoms with van der Waals surface area (Å²) in [5.41, 5.74) is -1.42. The van der Waals surface area contributed by atoms with Gasteiger partial charge in [-0.3, -0.25) is 9.59 Å². The molecular weight excluding hydrogens is 274 g/mol. The lowest BCUT2D eigenvalue weighted by molar-refractivity contribution is -0.156. The van der Waals surface area contributed by atoms with E-state index in [1.54, 1.807) is 27.8 Å². The standard InChI is InChI=1S/C15H27NO5/c1-14(2,3)21-13(18)6-5-12(17)16(4)11-15(19)7-9-20-10-8-15/h19H,5-11H2,1-4H3. The van der Waals surface area contributed by atoms with Gasteiger partial charge in [0.2, 0.25) is 5.91 Å². The van der Waals surface area contributed by atoms with Crippen molar-refractivity contribution >= 4 is 11.9 Å². The minimum atomic E-state index is -0.880. The van der Waals surface area contributed by atoms with Crippen LogP contribution in [0.2, 0.25) is 0 Å². The van der Waals surface area contributed by atoms with E-state index in [2.05, 4.69) is 0 Å². The lowest BCUT2D eigenvalue weighted by Gasteiger charge is -2.35. The van der Waals surface area contributed by atoms with Crippen LogP contribution < -0.4 is 0 Å². The Bertz CT molecular complexity index is 369. The second-order valence-electron chi connectivity index (χ2n) is 6.67. The van der Waals surface area contributed by atoms with E-state index in [1.807, 2.05) is 0 Å². The predicted octanol–water partition coefficient (Wildman–Crippen LogP) is 1.11. The maximum Gasteiger partial charge on any atom is 0.306 e. The first kappa shape index (κ1) is 17.9. The van der Waals surface area contributed by atoms with Gasteiger partial charge < -0.3 is 19.5 Å². The molecule has 0 aliphatic carbocycles. The molecule has 1 heterocycles. The van der Waals surface area contributed by atoms with Crippen LogP contribution in [0.1, 0.15) is 46.5 Å². The van der Waals surface area contributed by atoms with Crippen molar-refractivity contribution in [3.05, 3.63) is 0 Å². The number of aliphatic hydroxyl groups is 1. The number of carbonyl (C=O) groups is 2. The smallest absolute Gasteiger partial charge is 0.306 e. The number of nitrogens with zero attached hydrogens (tertiary/aromatic N) is 1. The fraction of sp³-hybridized carbons (Fsp3) is 0.867. The lowest BCUT2D eigenvalue weighted by Crippen LogP contribution is -2.47. The SMILES string of the molecule is CN(CC1(O)CCOCC1)C(=O)CCC(=O)OC(C)(C)C. The first-order chi connectivity index (χ1) is 9.61. The molecule has 0 radical (unpaired) electrons. The van der Waals surface area contributed by atoms with Gasteiger partial charge in [0, 0.05) is 46.1 Å². The summed E-state index contributed by atoms with van der Waals surface area (Å²) in [7, 11) is 1.64. The van der Waals surface area contributed by atoms with Crippen molar-refractivity contribution in [2.75, 3.05) is 26.8 Å². The van der Waals surface area contributed by atoms with Crippen LogP contribution in [0.4, 0.5) is 0 Å². The normalized spacial score (nSPS) is 18.1. The monoisotopic (exact) mass is 301 g/mol. The molecule has 0 saturated carbocycles. The molecule has 0 bridgehead atoms. The number of carbonyl (C=O) groups excluding carboxylic acids is 2. The third-order valence-corrected chi connectivity index (χ3v) is 3.34. The molecule has 0 unspecified atom stereocenters. The molecule has 6 heteroatoms. The van der Waals surface area contributed by atoms with E-state index in [4.69, 9.17) is 9.47 Å². The molecule has 122 valence electrons. The summed E-state index contributed by atoms with van der Waals surface area (Å²) in [5, 5.41) is 10.4. The number of rotatable bonds is 5. The maximum atomic E-state index is 12.0. The summed E-state index contributed by atoms with van der Waals surface area (Å²) in [4.78, 5) is 25.1.